The lowest BCUT2D eigenvalue weighted by Gasteiger charge is -2.14. The van der Waals surface area contributed by atoms with Crippen molar-refractivity contribution in [3.63, 3.8) is 0 Å². The Morgan fingerprint density at radius 3 is 2.61 bits per heavy atom. The van der Waals surface area contributed by atoms with Crippen molar-refractivity contribution in [3.05, 3.63) is 17.0 Å². The molecule has 4 heteroatoms. The van der Waals surface area contributed by atoms with Crippen LogP contribution in [0.5, 0.6) is 0 Å². The fourth-order valence-electron chi connectivity index (χ4n) is 2.18. The van der Waals surface area contributed by atoms with Gasteiger partial charge in [0.05, 0.1) is 17.2 Å². The Labute approximate surface area is 110 Å². The summed E-state index contributed by atoms with van der Waals surface area (Å²) in [5, 5.41) is 13.5. The van der Waals surface area contributed by atoms with Gasteiger partial charge in [-0.05, 0) is 59.1 Å². The molecule has 0 unspecified atom stereocenters. The molecule has 1 rings (SSSR count). The van der Waals surface area contributed by atoms with Gasteiger partial charge in [-0.25, -0.2) is 0 Å². The van der Waals surface area contributed by atoms with E-state index in [1.807, 2.05) is 25.5 Å². The predicted molar refractivity (Wildman–Crippen MR) is 73.1 cm³/mol. The van der Waals surface area contributed by atoms with Gasteiger partial charge in [-0.2, -0.15) is 10.4 Å². The van der Waals surface area contributed by atoms with Gasteiger partial charge in [-0.3, -0.25) is 4.68 Å². The smallest absolute Gasteiger partial charge is 0.0683 e. The maximum Gasteiger partial charge on any atom is 0.0683 e. The lowest BCUT2D eigenvalue weighted by molar-refractivity contribution is 0.404. The number of hydrogen-bond acceptors (Lipinski definition) is 3. The van der Waals surface area contributed by atoms with E-state index >= 15 is 0 Å². The molecule has 100 valence electrons. The van der Waals surface area contributed by atoms with Crippen molar-refractivity contribution in [1.82, 2.24) is 9.78 Å². The summed E-state index contributed by atoms with van der Waals surface area (Å²) in [7, 11) is 0. The molecule has 0 aliphatic heterocycles. The van der Waals surface area contributed by atoms with Gasteiger partial charge < -0.3 is 5.73 Å². The molecule has 0 saturated heterocycles. The Hall–Kier alpha value is -1.34. The highest BCUT2D eigenvalue weighted by Gasteiger charge is 2.16. The molecule has 1 aromatic heterocycles. The first-order valence-electron chi connectivity index (χ1n) is 6.55. The number of nitrogens with zero attached hydrogens (tertiary/aromatic N) is 3. The topological polar surface area (TPSA) is 67.6 Å². The first-order valence-corrected chi connectivity index (χ1v) is 6.55. The van der Waals surface area contributed by atoms with Crippen LogP contribution in [0.3, 0.4) is 0 Å². The normalized spacial score (nSPS) is 11.6. The van der Waals surface area contributed by atoms with Crippen LogP contribution in [0.15, 0.2) is 0 Å². The number of nitriles is 1. The van der Waals surface area contributed by atoms with Crippen LogP contribution in [0, 0.1) is 30.6 Å². The maximum atomic E-state index is 8.98. The molecule has 0 atom stereocenters. The van der Waals surface area contributed by atoms with Crippen LogP contribution in [-0.2, 0) is 13.0 Å². The largest absolute Gasteiger partial charge is 0.330 e. The van der Waals surface area contributed by atoms with Gasteiger partial charge in [0.2, 0.25) is 0 Å². The molecule has 18 heavy (non-hydrogen) atoms. The standard InChI is InChI=1S/C14H24N4/c1-11-13(6-8-15)12(2)18(17-11)9-5-7-14(3,4)10-16/h5-9,15H2,1-4H3. The van der Waals surface area contributed by atoms with Gasteiger partial charge in [0, 0.05) is 12.2 Å². The van der Waals surface area contributed by atoms with E-state index in [0.29, 0.717) is 6.54 Å². The Kier molecular flexibility index (Phi) is 4.92. The van der Waals surface area contributed by atoms with Crippen LogP contribution in [0.2, 0.25) is 0 Å². The van der Waals surface area contributed by atoms with Gasteiger partial charge in [0.15, 0.2) is 0 Å². The molecule has 1 aromatic rings. The van der Waals surface area contributed by atoms with Crippen molar-refractivity contribution >= 4 is 0 Å². The minimum atomic E-state index is -0.240. The molecule has 0 spiro atoms. The quantitative estimate of drug-likeness (QED) is 0.840. The number of nitrogens with two attached hydrogens (primary N) is 1. The van der Waals surface area contributed by atoms with Crippen LogP contribution in [0.1, 0.15) is 43.6 Å². The zero-order valence-corrected chi connectivity index (χ0v) is 12.0. The lowest BCUT2D eigenvalue weighted by atomic mass is 9.90. The third kappa shape index (κ3) is 3.58. The average molecular weight is 248 g/mol. The van der Waals surface area contributed by atoms with Crippen LogP contribution >= 0.6 is 0 Å². The van der Waals surface area contributed by atoms with Crippen LogP contribution in [0.25, 0.3) is 0 Å². The number of rotatable bonds is 6. The SMILES string of the molecule is Cc1nn(CCCC(C)(C)C#N)c(C)c1CCN. The van der Waals surface area contributed by atoms with E-state index in [-0.39, 0.29) is 5.41 Å². The summed E-state index contributed by atoms with van der Waals surface area (Å²) in [6.45, 7) is 9.63. The Bertz CT molecular complexity index is 437. The fourth-order valence-corrected chi connectivity index (χ4v) is 2.18. The first-order chi connectivity index (χ1) is 8.41. The second-order valence-corrected chi connectivity index (χ2v) is 5.51. The van der Waals surface area contributed by atoms with Crippen molar-refractivity contribution in [2.45, 2.75) is 53.5 Å². The van der Waals surface area contributed by atoms with E-state index in [4.69, 9.17) is 11.0 Å². The summed E-state index contributed by atoms with van der Waals surface area (Å²) in [5.41, 5.74) is 8.94. The van der Waals surface area contributed by atoms with Crippen LogP contribution in [0.4, 0.5) is 0 Å². The molecule has 0 radical (unpaired) electrons. The van der Waals surface area contributed by atoms with E-state index in [1.54, 1.807) is 0 Å². The Balaban J connectivity index is 2.64. The van der Waals surface area contributed by atoms with Crippen LogP contribution < -0.4 is 5.73 Å². The lowest BCUT2D eigenvalue weighted by Crippen LogP contribution is -2.11. The molecule has 0 aromatic carbocycles. The molecule has 0 fully saturated rings. The van der Waals surface area contributed by atoms with E-state index in [9.17, 15) is 0 Å². The summed E-state index contributed by atoms with van der Waals surface area (Å²) in [4.78, 5) is 0. The molecule has 1 heterocycles. The zero-order valence-electron chi connectivity index (χ0n) is 12.0. The first kappa shape index (κ1) is 14.7. The van der Waals surface area contributed by atoms with Gasteiger partial charge in [0.25, 0.3) is 0 Å². The molecule has 4 nitrogen and oxygen atoms in total. The van der Waals surface area contributed by atoms with Crippen molar-refractivity contribution in [1.29, 1.82) is 5.26 Å². The summed E-state index contributed by atoms with van der Waals surface area (Å²) in [5.74, 6) is 0. The highest BCUT2D eigenvalue weighted by atomic mass is 15.3. The minimum absolute atomic E-state index is 0.240. The Morgan fingerprint density at radius 1 is 1.39 bits per heavy atom. The zero-order chi connectivity index (χ0) is 13.8. The van der Waals surface area contributed by atoms with Crippen molar-refractivity contribution in [3.8, 4) is 6.07 Å². The van der Waals surface area contributed by atoms with E-state index in [2.05, 4.69) is 18.1 Å². The van der Waals surface area contributed by atoms with Gasteiger partial charge in [-0.15, -0.1) is 0 Å². The van der Waals surface area contributed by atoms with Crippen LogP contribution in [-0.4, -0.2) is 16.3 Å². The average Bonchev–Trinajstić information content (AvgIpc) is 2.57. The summed E-state index contributed by atoms with van der Waals surface area (Å²) in [6, 6.07) is 2.33. The summed E-state index contributed by atoms with van der Waals surface area (Å²) in [6.07, 6.45) is 2.76. The number of aromatic nitrogens is 2. The number of aryl methyl sites for hydroxylation is 2. The van der Waals surface area contributed by atoms with Crippen molar-refractivity contribution in [2.24, 2.45) is 11.1 Å². The van der Waals surface area contributed by atoms with E-state index in [1.165, 1.54) is 11.3 Å². The van der Waals surface area contributed by atoms with Crippen molar-refractivity contribution < 1.29 is 0 Å². The highest BCUT2D eigenvalue weighted by Crippen LogP contribution is 2.22. The van der Waals surface area contributed by atoms with Gasteiger partial charge in [0.1, 0.15) is 0 Å². The Morgan fingerprint density at radius 2 is 2.06 bits per heavy atom. The summed E-state index contributed by atoms with van der Waals surface area (Å²) < 4.78 is 2.05. The minimum Gasteiger partial charge on any atom is -0.330 e. The molecule has 2 N–H and O–H groups in total. The number of hydrogen-bond donors (Lipinski definition) is 1. The molecule has 0 saturated carbocycles. The molecule has 0 amide bonds. The molecular formula is C14H24N4. The maximum absolute atomic E-state index is 8.98. The van der Waals surface area contributed by atoms with Gasteiger partial charge in [-0.1, -0.05) is 0 Å². The van der Waals surface area contributed by atoms with E-state index in [0.717, 1.165) is 31.5 Å². The molecule has 0 bridgehead atoms. The molecule has 0 aliphatic carbocycles. The van der Waals surface area contributed by atoms with Crippen molar-refractivity contribution in [2.75, 3.05) is 6.54 Å². The predicted octanol–water partition coefficient (Wildman–Crippen LogP) is 2.33. The third-order valence-electron chi connectivity index (χ3n) is 3.40. The third-order valence-corrected chi connectivity index (χ3v) is 3.40. The monoisotopic (exact) mass is 248 g/mol. The fraction of sp³-hybridized carbons (Fsp3) is 0.714. The summed E-state index contributed by atoms with van der Waals surface area (Å²) >= 11 is 0. The molecular weight excluding hydrogens is 224 g/mol. The second kappa shape index (κ2) is 6.01. The highest BCUT2D eigenvalue weighted by molar-refractivity contribution is 5.24. The molecule has 0 aliphatic rings. The second-order valence-electron chi connectivity index (χ2n) is 5.51. The van der Waals surface area contributed by atoms with Gasteiger partial charge >= 0.3 is 0 Å². The van der Waals surface area contributed by atoms with E-state index < -0.39 is 0 Å².